The van der Waals surface area contributed by atoms with Crippen LogP contribution in [0.1, 0.15) is 36.5 Å². The number of rotatable bonds is 8. The molecule has 11 heteroatoms. The van der Waals surface area contributed by atoms with Crippen LogP contribution in [0, 0.1) is 13.8 Å². The van der Waals surface area contributed by atoms with Gasteiger partial charge in [-0.15, -0.1) is 0 Å². The molecule has 0 aliphatic rings. The van der Waals surface area contributed by atoms with Gasteiger partial charge in [0.1, 0.15) is 5.69 Å². The lowest BCUT2D eigenvalue weighted by atomic mass is 10.1. The van der Waals surface area contributed by atoms with Gasteiger partial charge in [0, 0.05) is 38.1 Å². The van der Waals surface area contributed by atoms with E-state index in [0.29, 0.717) is 25.6 Å². The normalized spacial score (nSPS) is 13.3. The predicted octanol–water partition coefficient (Wildman–Crippen LogP) is 2.44. The molecule has 0 saturated carbocycles. The Morgan fingerprint density at radius 3 is 2.63 bits per heavy atom. The smallest absolute Gasteiger partial charge is 0.357 e. The van der Waals surface area contributed by atoms with Crippen molar-refractivity contribution in [3.8, 4) is 0 Å². The molecule has 2 rings (SSSR count). The SMILES string of the molecule is CCNC(=NCCNc1nccc(C(F)(F)F)n1)NC(C)Cc1c(C)nn(C)c1C. The van der Waals surface area contributed by atoms with Gasteiger partial charge in [-0.2, -0.15) is 18.3 Å². The van der Waals surface area contributed by atoms with Crippen molar-refractivity contribution in [3.63, 3.8) is 0 Å². The van der Waals surface area contributed by atoms with Crippen molar-refractivity contribution in [2.45, 2.75) is 46.3 Å². The van der Waals surface area contributed by atoms with Crippen LogP contribution in [-0.2, 0) is 19.6 Å². The fourth-order valence-electron chi connectivity index (χ4n) is 2.96. The molecule has 1 unspecified atom stereocenters. The molecule has 0 saturated heterocycles. The number of hydrogen-bond donors (Lipinski definition) is 3. The summed E-state index contributed by atoms with van der Waals surface area (Å²) in [6, 6.07) is 0.952. The highest BCUT2D eigenvalue weighted by Gasteiger charge is 2.32. The van der Waals surface area contributed by atoms with E-state index < -0.39 is 11.9 Å². The van der Waals surface area contributed by atoms with Crippen molar-refractivity contribution in [2.24, 2.45) is 12.0 Å². The van der Waals surface area contributed by atoms with Gasteiger partial charge < -0.3 is 16.0 Å². The topological polar surface area (TPSA) is 92.1 Å². The maximum Gasteiger partial charge on any atom is 0.433 e. The lowest BCUT2D eigenvalue weighted by Crippen LogP contribution is -2.43. The monoisotopic (exact) mass is 426 g/mol. The van der Waals surface area contributed by atoms with Gasteiger partial charge in [-0.05, 0) is 45.7 Å². The number of halogens is 3. The van der Waals surface area contributed by atoms with E-state index in [1.807, 2.05) is 32.5 Å². The van der Waals surface area contributed by atoms with Gasteiger partial charge in [0.15, 0.2) is 5.96 Å². The largest absolute Gasteiger partial charge is 0.433 e. The van der Waals surface area contributed by atoms with Gasteiger partial charge in [-0.1, -0.05) is 0 Å². The minimum Gasteiger partial charge on any atom is -0.357 e. The first kappa shape index (κ1) is 23.4. The van der Waals surface area contributed by atoms with Crippen LogP contribution >= 0.6 is 0 Å². The van der Waals surface area contributed by atoms with Crippen molar-refractivity contribution in [1.29, 1.82) is 0 Å². The van der Waals surface area contributed by atoms with Crippen LogP contribution in [0.25, 0.3) is 0 Å². The first-order chi connectivity index (χ1) is 14.1. The van der Waals surface area contributed by atoms with Crippen LogP contribution in [0.3, 0.4) is 0 Å². The highest BCUT2D eigenvalue weighted by atomic mass is 19.4. The number of aromatic nitrogens is 4. The summed E-state index contributed by atoms with van der Waals surface area (Å²) in [7, 11) is 1.93. The van der Waals surface area contributed by atoms with Gasteiger partial charge in [0.25, 0.3) is 0 Å². The summed E-state index contributed by atoms with van der Waals surface area (Å²) in [5, 5.41) is 13.7. The van der Waals surface area contributed by atoms with Crippen LogP contribution in [0.4, 0.5) is 19.1 Å². The van der Waals surface area contributed by atoms with Gasteiger partial charge in [-0.25, -0.2) is 9.97 Å². The molecule has 2 aromatic rings. The standard InChI is InChI=1S/C19H29F3N8/c1-6-23-17(27-12(2)11-15-13(3)29-30(5)14(15)4)25-9-10-26-18-24-8-7-16(28-18)19(20,21)22/h7-8,12H,6,9-11H2,1-5H3,(H2,23,25,27)(H,24,26,28). The van der Waals surface area contributed by atoms with E-state index in [-0.39, 0.29) is 12.0 Å². The fourth-order valence-corrected chi connectivity index (χ4v) is 2.96. The molecule has 166 valence electrons. The Labute approximate surface area is 174 Å². The number of aryl methyl sites for hydroxylation is 2. The Hall–Kier alpha value is -2.85. The molecular weight excluding hydrogens is 397 g/mol. The third-order valence-corrected chi connectivity index (χ3v) is 4.51. The number of nitrogens with one attached hydrogen (secondary N) is 3. The molecule has 3 N–H and O–H groups in total. The maximum absolute atomic E-state index is 12.7. The summed E-state index contributed by atoms with van der Waals surface area (Å²) in [6.07, 6.45) is -2.62. The van der Waals surface area contributed by atoms with Crippen LogP contribution < -0.4 is 16.0 Å². The summed E-state index contributed by atoms with van der Waals surface area (Å²) in [5.41, 5.74) is 2.37. The van der Waals surface area contributed by atoms with Crippen molar-refractivity contribution in [3.05, 3.63) is 34.9 Å². The number of hydrogen-bond acceptors (Lipinski definition) is 5. The quantitative estimate of drug-likeness (QED) is 0.341. The lowest BCUT2D eigenvalue weighted by Gasteiger charge is -2.18. The second-order valence-corrected chi connectivity index (χ2v) is 6.97. The second-order valence-electron chi connectivity index (χ2n) is 6.97. The number of anilines is 1. The molecule has 0 amide bonds. The van der Waals surface area contributed by atoms with Crippen LogP contribution in [-0.4, -0.2) is 51.4 Å². The van der Waals surface area contributed by atoms with E-state index in [9.17, 15) is 13.2 Å². The molecule has 0 aliphatic carbocycles. The van der Waals surface area contributed by atoms with E-state index in [2.05, 4.69) is 42.9 Å². The van der Waals surface area contributed by atoms with E-state index >= 15 is 0 Å². The molecule has 30 heavy (non-hydrogen) atoms. The zero-order valence-electron chi connectivity index (χ0n) is 17.9. The molecule has 1 atom stereocenters. The number of nitrogens with zero attached hydrogens (tertiary/aromatic N) is 5. The predicted molar refractivity (Wildman–Crippen MR) is 110 cm³/mol. The molecule has 8 nitrogen and oxygen atoms in total. The zero-order valence-corrected chi connectivity index (χ0v) is 17.9. The minimum absolute atomic E-state index is 0.0751. The minimum atomic E-state index is -4.50. The second kappa shape index (κ2) is 10.3. The van der Waals surface area contributed by atoms with Crippen molar-refractivity contribution >= 4 is 11.9 Å². The van der Waals surface area contributed by atoms with Gasteiger partial charge in [-0.3, -0.25) is 9.67 Å². The summed E-state index contributed by atoms with van der Waals surface area (Å²) in [4.78, 5) is 11.8. The summed E-state index contributed by atoms with van der Waals surface area (Å²) in [5.74, 6) is 0.560. The first-order valence-electron chi connectivity index (χ1n) is 9.79. The summed E-state index contributed by atoms with van der Waals surface area (Å²) >= 11 is 0. The first-order valence-corrected chi connectivity index (χ1v) is 9.79. The maximum atomic E-state index is 12.7. The molecule has 0 fully saturated rings. The third kappa shape index (κ3) is 6.60. The highest BCUT2D eigenvalue weighted by Crippen LogP contribution is 2.27. The molecule has 0 radical (unpaired) electrons. The van der Waals surface area contributed by atoms with E-state index in [1.165, 1.54) is 5.56 Å². The van der Waals surface area contributed by atoms with Gasteiger partial charge in [0.05, 0.1) is 12.2 Å². The molecule has 0 bridgehead atoms. The molecule has 0 spiro atoms. The van der Waals surface area contributed by atoms with Crippen molar-refractivity contribution < 1.29 is 13.2 Å². The van der Waals surface area contributed by atoms with Gasteiger partial charge in [0.2, 0.25) is 5.95 Å². The average Bonchev–Trinajstić information content (AvgIpc) is 2.91. The molecule has 2 heterocycles. The van der Waals surface area contributed by atoms with Crippen molar-refractivity contribution in [2.75, 3.05) is 25.0 Å². The fraction of sp³-hybridized carbons (Fsp3) is 0.579. The summed E-state index contributed by atoms with van der Waals surface area (Å²) in [6.45, 7) is 9.39. The third-order valence-electron chi connectivity index (χ3n) is 4.51. The Kier molecular flexibility index (Phi) is 8.01. The number of aliphatic imine (C=N–C) groups is 1. The van der Waals surface area contributed by atoms with E-state index in [1.54, 1.807) is 0 Å². The van der Waals surface area contributed by atoms with E-state index in [4.69, 9.17) is 0 Å². The number of guanidine groups is 1. The summed E-state index contributed by atoms with van der Waals surface area (Å²) < 4.78 is 40.0. The highest BCUT2D eigenvalue weighted by molar-refractivity contribution is 5.80. The Morgan fingerprint density at radius 1 is 1.30 bits per heavy atom. The van der Waals surface area contributed by atoms with E-state index in [0.717, 1.165) is 30.1 Å². The zero-order chi connectivity index (χ0) is 22.3. The van der Waals surface area contributed by atoms with Gasteiger partial charge >= 0.3 is 6.18 Å². The lowest BCUT2D eigenvalue weighted by molar-refractivity contribution is -0.141. The Bertz CT molecular complexity index is 860. The average molecular weight is 426 g/mol. The Morgan fingerprint density at radius 2 is 2.03 bits per heavy atom. The number of alkyl halides is 3. The van der Waals surface area contributed by atoms with Crippen LogP contribution in [0.5, 0.6) is 0 Å². The Balaban J connectivity index is 1.91. The molecule has 0 aromatic carbocycles. The molecule has 2 aromatic heterocycles. The van der Waals surface area contributed by atoms with Crippen molar-refractivity contribution in [1.82, 2.24) is 30.4 Å². The molecular formula is C19H29F3N8. The van der Waals surface area contributed by atoms with Crippen LogP contribution in [0.2, 0.25) is 0 Å². The molecule has 0 aliphatic heterocycles. The van der Waals surface area contributed by atoms with Crippen LogP contribution in [0.15, 0.2) is 17.3 Å².